The molecule has 27 heavy (non-hydrogen) atoms. The van der Waals surface area contributed by atoms with E-state index in [-0.39, 0.29) is 5.91 Å². The summed E-state index contributed by atoms with van der Waals surface area (Å²) in [5.41, 5.74) is 7.13. The van der Waals surface area contributed by atoms with Crippen molar-refractivity contribution in [1.29, 1.82) is 0 Å². The lowest BCUT2D eigenvalue weighted by Gasteiger charge is -2.09. The van der Waals surface area contributed by atoms with Gasteiger partial charge in [0.1, 0.15) is 5.82 Å². The van der Waals surface area contributed by atoms with Crippen molar-refractivity contribution >= 4 is 22.6 Å². The topological polar surface area (TPSA) is 57.8 Å². The molecule has 1 heterocycles. The normalized spacial score (nSPS) is 10.9. The lowest BCUT2D eigenvalue weighted by atomic mass is 10.0. The highest BCUT2D eigenvalue weighted by Gasteiger charge is 2.08. The zero-order valence-electron chi connectivity index (χ0n) is 15.4. The second-order valence-corrected chi connectivity index (χ2v) is 6.83. The van der Waals surface area contributed by atoms with E-state index in [4.69, 9.17) is 0 Å². The van der Waals surface area contributed by atoms with E-state index in [1.54, 1.807) is 0 Å². The van der Waals surface area contributed by atoms with Crippen LogP contribution in [0, 0.1) is 13.8 Å². The molecule has 4 nitrogen and oxygen atoms in total. The van der Waals surface area contributed by atoms with Crippen molar-refractivity contribution in [3.8, 4) is 11.4 Å². The molecule has 134 valence electrons. The number of imidazole rings is 1. The smallest absolute Gasteiger partial charge is 0.228 e. The SMILES string of the molecule is Cc1ccc(CC(=O)Nc2ccc(-c3nc4ccccc4[nH]3)cc2)c(C)c1. The number of benzene rings is 3. The first-order valence-electron chi connectivity index (χ1n) is 9.00. The Hall–Kier alpha value is -3.40. The number of aromatic amines is 1. The zero-order valence-corrected chi connectivity index (χ0v) is 15.4. The summed E-state index contributed by atoms with van der Waals surface area (Å²) < 4.78 is 0. The predicted octanol–water partition coefficient (Wildman–Crippen LogP) is 5.03. The fourth-order valence-corrected chi connectivity index (χ4v) is 3.22. The van der Waals surface area contributed by atoms with Gasteiger partial charge in [0.05, 0.1) is 17.5 Å². The van der Waals surface area contributed by atoms with E-state index in [1.807, 2.05) is 67.6 Å². The minimum absolute atomic E-state index is 0.0153. The highest BCUT2D eigenvalue weighted by atomic mass is 16.1. The quantitative estimate of drug-likeness (QED) is 0.539. The molecule has 0 saturated heterocycles. The number of fused-ring (bicyclic) bond motifs is 1. The van der Waals surface area contributed by atoms with Crippen LogP contribution in [-0.2, 0) is 11.2 Å². The number of hydrogen-bond donors (Lipinski definition) is 2. The summed E-state index contributed by atoms with van der Waals surface area (Å²) in [4.78, 5) is 20.3. The Bertz CT molecular complexity index is 1080. The molecule has 0 saturated carbocycles. The average Bonchev–Trinajstić information content (AvgIpc) is 3.09. The third-order valence-corrected chi connectivity index (χ3v) is 4.68. The lowest BCUT2D eigenvalue weighted by molar-refractivity contribution is -0.115. The van der Waals surface area contributed by atoms with Gasteiger partial charge in [-0.3, -0.25) is 4.79 Å². The standard InChI is InChI=1S/C23H21N3O/c1-15-7-8-18(16(2)13-15)14-22(27)24-19-11-9-17(10-12-19)23-25-20-5-3-4-6-21(20)26-23/h3-13H,14H2,1-2H3,(H,24,27)(H,25,26). The average molecular weight is 355 g/mol. The van der Waals surface area contributed by atoms with Gasteiger partial charge >= 0.3 is 0 Å². The number of para-hydroxylation sites is 2. The van der Waals surface area contributed by atoms with Crippen molar-refractivity contribution in [2.45, 2.75) is 20.3 Å². The minimum atomic E-state index is -0.0153. The summed E-state index contributed by atoms with van der Waals surface area (Å²) in [6, 6.07) is 21.8. The van der Waals surface area contributed by atoms with Gasteiger partial charge in [0, 0.05) is 11.3 Å². The van der Waals surface area contributed by atoms with Crippen molar-refractivity contribution in [2.24, 2.45) is 0 Å². The van der Waals surface area contributed by atoms with Crippen molar-refractivity contribution < 1.29 is 4.79 Å². The molecule has 0 unspecified atom stereocenters. The summed E-state index contributed by atoms with van der Waals surface area (Å²) in [6.45, 7) is 4.10. The Labute approximate surface area is 158 Å². The third kappa shape index (κ3) is 3.75. The van der Waals surface area contributed by atoms with E-state index in [9.17, 15) is 4.79 Å². The van der Waals surface area contributed by atoms with Gasteiger partial charge in [0.15, 0.2) is 0 Å². The largest absolute Gasteiger partial charge is 0.338 e. The molecule has 4 rings (SSSR count). The molecule has 4 aromatic rings. The second-order valence-electron chi connectivity index (χ2n) is 6.83. The highest BCUT2D eigenvalue weighted by molar-refractivity contribution is 5.92. The van der Waals surface area contributed by atoms with Crippen LogP contribution < -0.4 is 5.32 Å². The van der Waals surface area contributed by atoms with Gasteiger partial charge < -0.3 is 10.3 Å². The van der Waals surface area contributed by atoms with Crippen molar-refractivity contribution in [3.05, 3.63) is 83.4 Å². The first kappa shape index (κ1) is 17.0. The summed E-state index contributed by atoms with van der Waals surface area (Å²) >= 11 is 0. The Kier molecular flexibility index (Phi) is 4.47. The van der Waals surface area contributed by atoms with Crippen molar-refractivity contribution in [3.63, 3.8) is 0 Å². The maximum atomic E-state index is 12.4. The summed E-state index contributed by atoms with van der Waals surface area (Å²) in [7, 11) is 0. The Morgan fingerprint density at radius 2 is 1.78 bits per heavy atom. The molecule has 0 aliphatic rings. The second kappa shape index (κ2) is 7.08. The van der Waals surface area contributed by atoms with E-state index in [0.29, 0.717) is 6.42 Å². The summed E-state index contributed by atoms with van der Waals surface area (Å²) in [5.74, 6) is 0.808. The van der Waals surface area contributed by atoms with Crippen LogP contribution in [0.2, 0.25) is 0 Å². The number of aryl methyl sites for hydroxylation is 2. The van der Waals surface area contributed by atoms with Gasteiger partial charge in [0.25, 0.3) is 0 Å². The summed E-state index contributed by atoms with van der Waals surface area (Å²) in [5, 5.41) is 2.97. The number of anilines is 1. The van der Waals surface area contributed by atoms with Crippen LogP contribution in [0.15, 0.2) is 66.7 Å². The molecule has 0 aliphatic carbocycles. The Balaban J connectivity index is 1.46. The van der Waals surface area contributed by atoms with Gasteiger partial charge in [-0.15, -0.1) is 0 Å². The molecule has 0 fully saturated rings. The molecule has 4 heteroatoms. The Morgan fingerprint density at radius 1 is 1.00 bits per heavy atom. The van der Waals surface area contributed by atoms with Gasteiger partial charge in [-0.25, -0.2) is 4.98 Å². The van der Waals surface area contributed by atoms with Crippen LogP contribution in [0.4, 0.5) is 5.69 Å². The molecule has 2 N–H and O–H groups in total. The lowest BCUT2D eigenvalue weighted by Crippen LogP contribution is -2.15. The number of nitrogens with one attached hydrogen (secondary N) is 2. The van der Waals surface area contributed by atoms with Gasteiger partial charge in [-0.1, -0.05) is 35.9 Å². The van der Waals surface area contributed by atoms with E-state index in [1.165, 1.54) is 5.56 Å². The molecule has 0 spiro atoms. The highest BCUT2D eigenvalue weighted by Crippen LogP contribution is 2.22. The molecule has 0 aliphatic heterocycles. The molecular formula is C23H21N3O. The van der Waals surface area contributed by atoms with Crippen LogP contribution in [0.5, 0.6) is 0 Å². The number of carbonyl (C=O) groups excluding carboxylic acids is 1. The fraction of sp³-hybridized carbons (Fsp3) is 0.130. The van der Waals surface area contributed by atoms with Crippen LogP contribution in [0.1, 0.15) is 16.7 Å². The number of aromatic nitrogens is 2. The van der Waals surface area contributed by atoms with Crippen molar-refractivity contribution in [1.82, 2.24) is 9.97 Å². The first-order valence-corrected chi connectivity index (χ1v) is 9.00. The summed E-state index contributed by atoms with van der Waals surface area (Å²) in [6.07, 6.45) is 0.372. The number of rotatable bonds is 4. The number of carbonyl (C=O) groups is 1. The molecule has 0 bridgehead atoms. The van der Waals surface area contributed by atoms with E-state index in [0.717, 1.165) is 39.2 Å². The molecular weight excluding hydrogens is 334 g/mol. The molecule has 1 amide bonds. The maximum Gasteiger partial charge on any atom is 0.228 e. The molecule has 0 radical (unpaired) electrons. The molecule has 1 aromatic heterocycles. The maximum absolute atomic E-state index is 12.4. The van der Waals surface area contributed by atoms with Crippen LogP contribution in [0.3, 0.4) is 0 Å². The number of H-pyrrole nitrogens is 1. The van der Waals surface area contributed by atoms with Gasteiger partial charge in [-0.2, -0.15) is 0 Å². The minimum Gasteiger partial charge on any atom is -0.338 e. The fourth-order valence-electron chi connectivity index (χ4n) is 3.22. The number of amides is 1. The van der Waals surface area contributed by atoms with Crippen LogP contribution in [-0.4, -0.2) is 15.9 Å². The number of hydrogen-bond acceptors (Lipinski definition) is 2. The first-order chi connectivity index (χ1) is 13.1. The third-order valence-electron chi connectivity index (χ3n) is 4.68. The Morgan fingerprint density at radius 3 is 2.52 bits per heavy atom. The van der Waals surface area contributed by atoms with E-state index < -0.39 is 0 Å². The van der Waals surface area contributed by atoms with Crippen LogP contribution >= 0.6 is 0 Å². The van der Waals surface area contributed by atoms with Gasteiger partial charge in [-0.05, 0) is 61.4 Å². The van der Waals surface area contributed by atoms with Crippen molar-refractivity contribution in [2.75, 3.05) is 5.32 Å². The van der Waals surface area contributed by atoms with E-state index >= 15 is 0 Å². The molecule has 0 atom stereocenters. The predicted molar refractivity (Wildman–Crippen MR) is 110 cm³/mol. The van der Waals surface area contributed by atoms with E-state index in [2.05, 4.69) is 28.3 Å². The number of nitrogens with zero attached hydrogens (tertiary/aromatic N) is 1. The molecule has 3 aromatic carbocycles. The zero-order chi connectivity index (χ0) is 18.8. The monoisotopic (exact) mass is 355 g/mol. The van der Waals surface area contributed by atoms with Crippen LogP contribution in [0.25, 0.3) is 22.4 Å². The van der Waals surface area contributed by atoms with Gasteiger partial charge in [0.2, 0.25) is 5.91 Å².